The molecule has 2 N–H and O–H groups in total. The molecule has 2 aromatic rings. The Morgan fingerprint density at radius 3 is 2.43 bits per heavy atom. The van der Waals surface area contributed by atoms with Crippen molar-refractivity contribution in [3.05, 3.63) is 59.1 Å². The summed E-state index contributed by atoms with van der Waals surface area (Å²) < 4.78 is 10.2. The monoisotopic (exact) mass is 404 g/mol. The molecule has 0 spiro atoms. The van der Waals surface area contributed by atoms with Crippen LogP contribution in [0.3, 0.4) is 0 Å². The summed E-state index contributed by atoms with van der Waals surface area (Å²) >= 11 is 5.79. The van der Waals surface area contributed by atoms with Gasteiger partial charge >= 0.3 is 5.97 Å². The fourth-order valence-electron chi connectivity index (χ4n) is 2.29. The third-order valence-electron chi connectivity index (χ3n) is 3.76. The number of amides is 2. The van der Waals surface area contributed by atoms with Crippen LogP contribution in [-0.4, -0.2) is 37.5 Å². The molecule has 0 aliphatic heterocycles. The second-order valence-corrected chi connectivity index (χ2v) is 6.27. The Balaban J connectivity index is 1.76. The van der Waals surface area contributed by atoms with E-state index in [0.717, 1.165) is 0 Å². The van der Waals surface area contributed by atoms with Crippen molar-refractivity contribution in [1.29, 1.82) is 0 Å². The zero-order valence-corrected chi connectivity index (χ0v) is 16.3. The van der Waals surface area contributed by atoms with Gasteiger partial charge in [0, 0.05) is 17.3 Å². The summed E-state index contributed by atoms with van der Waals surface area (Å²) in [7, 11) is 1.47. The van der Waals surface area contributed by atoms with E-state index >= 15 is 0 Å². The molecule has 0 aliphatic carbocycles. The lowest BCUT2D eigenvalue weighted by atomic mass is 10.2. The molecule has 2 rings (SSSR count). The van der Waals surface area contributed by atoms with Crippen molar-refractivity contribution >= 4 is 35.1 Å². The second kappa shape index (κ2) is 10.3. The molecular weight excluding hydrogens is 384 g/mol. The number of halogens is 1. The van der Waals surface area contributed by atoms with E-state index in [1.54, 1.807) is 48.5 Å². The molecule has 0 heterocycles. The molecule has 0 fully saturated rings. The van der Waals surface area contributed by atoms with Gasteiger partial charge in [0.15, 0.2) is 6.10 Å². The van der Waals surface area contributed by atoms with Gasteiger partial charge in [-0.25, -0.2) is 0 Å². The summed E-state index contributed by atoms with van der Waals surface area (Å²) in [4.78, 5) is 36.1. The van der Waals surface area contributed by atoms with Crippen LogP contribution in [0.25, 0.3) is 0 Å². The van der Waals surface area contributed by atoms with E-state index < -0.39 is 18.0 Å². The van der Waals surface area contributed by atoms with Gasteiger partial charge in [-0.3, -0.25) is 14.4 Å². The quantitative estimate of drug-likeness (QED) is 0.659. The topological polar surface area (TPSA) is 93.7 Å². The Labute approximate surface area is 168 Å². The SMILES string of the molecule is COc1ccccc1C(=O)NCCC(=O)O[C@H](C)C(=O)Nc1ccc(Cl)cc1. The number of hydrogen-bond donors (Lipinski definition) is 2. The lowest BCUT2D eigenvalue weighted by molar-refractivity contribution is -0.153. The molecule has 0 radical (unpaired) electrons. The predicted molar refractivity (Wildman–Crippen MR) is 106 cm³/mol. The molecule has 0 aromatic heterocycles. The molecule has 28 heavy (non-hydrogen) atoms. The molecule has 7 nitrogen and oxygen atoms in total. The van der Waals surface area contributed by atoms with Gasteiger partial charge in [0.1, 0.15) is 5.75 Å². The van der Waals surface area contributed by atoms with Gasteiger partial charge in [-0.05, 0) is 43.3 Å². The van der Waals surface area contributed by atoms with Gasteiger partial charge in [0.2, 0.25) is 0 Å². The van der Waals surface area contributed by atoms with E-state index in [1.807, 2.05) is 0 Å². The van der Waals surface area contributed by atoms with Crippen molar-refractivity contribution in [1.82, 2.24) is 5.32 Å². The van der Waals surface area contributed by atoms with Crippen LogP contribution in [0.1, 0.15) is 23.7 Å². The number of methoxy groups -OCH3 is 1. The number of carbonyl (C=O) groups is 3. The van der Waals surface area contributed by atoms with Crippen LogP contribution in [0.15, 0.2) is 48.5 Å². The van der Waals surface area contributed by atoms with Crippen molar-refractivity contribution in [2.45, 2.75) is 19.4 Å². The maximum atomic E-state index is 12.1. The Kier molecular flexibility index (Phi) is 7.83. The van der Waals surface area contributed by atoms with Gasteiger partial charge in [-0.15, -0.1) is 0 Å². The number of nitrogens with one attached hydrogen (secondary N) is 2. The molecule has 2 aromatic carbocycles. The van der Waals surface area contributed by atoms with Gasteiger partial charge in [0.05, 0.1) is 19.1 Å². The number of rotatable bonds is 8. The molecule has 0 bridgehead atoms. The molecule has 148 valence electrons. The fourth-order valence-corrected chi connectivity index (χ4v) is 2.42. The largest absolute Gasteiger partial charge is 0.496 e. The lowest BCUT2D eigenvalue weighted by Gasteiger charge is -2.14. The highest BCUT2D eigenvalue weighted by Crippen LogP contribution is 2.17. The Morgan fingerprint density at radius 2 is 1.75 bits per heavy atom. The van der Waals surface area contributed by atoms with E-state index in [9.17, 15) is 14.4 Å². The Morgan fingerprint density at radius 1 is 1.07 bits per heavy atom. The third kappa shape index (κ3) is 6.28. The average Bonchev–Trinajstić information content (AvgIpc) is 2.69. The van der Waals surface area contributed by atoms with Gasteiger partial charge in [0.25, 0.3) is 11.8 Å². The number of para-hydroxylation sites is 1. The standard InChI is InChI=1S/C20H21ClN2O5/c1-13(19(25)23-15-9-7-14(21)8-10-15)28-18(24)11-12-22-20(26)16-5-3-4-6-17(16)27-2/h3-10,13H,11-12H2,1-2H3,(H,22,26)(H,23,25)/t13-/m1/s1. The number of hydrogen-bond acceptors (Lipinski definition) is 5. The highest BCUT2D eigenvalue weighted by atomic mass is 35.5. The number of esters is 1. The van der Waals surface area contributed by atoms with Gasteiger partial charge < -0.3 is 20.1 Å². The van der Waals surface area contributed by atoms with Crippen molar-refractivity contribution in [3.63, 3.8) is 0 Å². The maximum Gasteiger partial charge on any atom is 0.308 e. The summed E-state index contributed by atoms with van der Waals surface area (Å²) in [5.41, 5.74) is 0.912. The maximum absolute atomic E-state index is 12.1. The van der Waals surface area contributed by atoms with E-state index in [-0.39, 0.29) is 18.9 Å². The summed E-state index contributed by atoms with van der Waals surface area (Å²) in [6, 6.07) is 13.3. The first kappa shape index (κ1) is 21.2. The summed E-state index contributed by atoms with van der Waals surface area (Å²) in [5, 5.41) is 5.79. The lowest BCUT2D eigenvalue weighted by Crippen LogP contribution is -2.32. The van der Waals surface area contributed by atoms with Crippen molar-refractivity contribution in [3.8, 4) is 5.75 Å². The van der Waals surface area contributed by atoms with Crippen LogP contribution in [-0.2, 0) is 14.3 Å². The smallest absolute Gasteiger partial charge is 0.308 e. The molecule has 0 saturated carbocycles. The van der Waals surface area contributed by atoms with E-state index in [0.29, 0.717) is 22.0 Å². The molecule has 0 saturated heterocycles. The number of anilines is 1. The minimum absolute atomic E-state index is 0.0700. The summed E-state index contributed by atoms with van der Waals surface area (Å²) in [5.74, 6) is -0.985. The van der Waals surface area contributed by atoms with E-state index in [4.69, 9.17) is 21.1 Å². The summed E-state index contributed by atoms with van der Waals surface area (Å²) in [6.07, 6.45) is -1.05. The molecular formula is C20H21ClN2O5. The van der Waals surface area contributed by atoms with Crippen LogP contribution in [0.4, 0.5) is 5.69 Å². The van der Waals surface area contributed by atoms with Crippen molar-refractivity contribution in [2.75, 3.05) is 19.0 Å². The highest BCUT2D eigenvalue weighted by Gasteiger charge is 2.18. The van der Waals surface area contributed by atoms with Crippen molar-refractivity contribution in [2.24, 2.45) is 0 Å². The van der Waals surface area contributed by atoms with Crippen LogP contribution < -0.4 is 15.4 Å². The van der Waals surface area contributed by atoms with E-state index in [2.05, 4.69) is 10.6 Å². The first-order chi connectivity index (χ1) is 13.4. The van der Waals surface area contributed by atoms with Crippen LogP contribution in [0.2, 0.25) is 5.02 Å². The summed E-state index contributed by atoms with van der Waals surface area (Å²) in [6.45, 7) is 1.54. The molecule has 0 unspecified atom stereocenters. The minimum Gasteiger partial charge on any atom is -0.496 e. The average molecular weight is 405 g/mol. The Hall–Kier alpha value is -3.06. The zero-order valence-electron chi connectivity index (χ0n) is 15.5. The first-order valence-electron chi connectivity index (χ1n) is 8.58. The minimum atomic E-state index is -0.979. The molecule has 0 aliphatic rings. The van der Waals surface area contributed by atoms with Crippen LogP contribution in [0.5, 0.6) is 5.75 Å². The molecule has 1 atom stereocenters. The normalized spacial score (nSPS) is 11.2. The highest BCUT2D eigenvalue weighted by molar-refractivity contribution is 6.30. The molecule has 2 amide bonds. The van der Waals surface area contributed by atoms with Crippen LogP contribution >= 0.6 is 11.6 Å². The number of carbonyl (C=O) groups excluding carboxylic acids is 3. The Bertz CT molecular complexity index is 839. The second-order valence-electron chi connectivity index (χ2n) is 5.83. The molecule has 8 heteroatoms. The van der Waals surface area contributed by atoms with Gasteiger partial charge in [-0.1, -0.05) is 23.7 Å². The zero-order chi connectivity index (χ0) is 20.5. The van der Waals surface area contributed by atoms with Gasteiger partial charge in [-0.2, -0.15) is 0 Å². The number of benzene rings is 2. The fraction of sp³-hybridized carbons (Fsp3) is 0.250. The van der Waals surface area contributed by atoms with E-state index in [1.165, 1.54) is 14.0 Å². The number of ether oxygens (including phenoxy) is 2. The van der Waals surface area contributed by atoms with Crippen molar-refractivity contribution < 1.29 is 23.9 Å². The first-order valence-corrected chi connectivity index (χ1v) is 8.95. The predicted octanol–water partition coefficient (Wildman–Crippen LogP) is 3.04. The van der Waals surface area contributed by atoms with Crippen LogP contribution in [0, 0.1) is 0 Å². The third-order valence-corrected chi connectivity index (χ3v) is 4.01.